The van der Waals surface area contributed by atoms with E-state index in [0.29, 0.717) is 57.1 Å². The molecule has 6 atom stereocenters. The van der Waals surface area contributed by atoms with Gasteiger partial charge in [0.05, 0.1) is 57.8 Å². The SMILES string of the molecule is Cc1cc(C[n+]2cnn(C[C@](O)(c3ccc(F)cc3F)[C@@H](C)c3nc(-c4ccc(C#N)cc4)cs3)c2)cc(C)c1OC(=O)[C@@H]1CCCN1.Cc1cc(C[n+]2cnn(C[C@](O)(c3ccc(F)cc3F)[C@@H](C)c3nc(-c4ccc(C#N)cc4)cs3)c2)cc(C)c1OC(=O)[C@@H]1CCCN1.O=C([O-])C(F)(F)F.[Br-]. The molecule has 0 bridgehead atoms. The van der Waals surface area contributed by atoms with Crippen LogP contribution in [0.15, 0.2) is 145 Å². The van der Waals surface area contributed by atoms with Crippen LogP contribution in [0.25, 0.3) is 22.5 Å². The van der Waals surface area contributed by atoms with Gasteiger partial charge in [-0.25, -0.2) is 46.3 Å². The van der Waals surface area contributed by atoms with Gasteiger partial charge in [-0.3, -0.25) is 0 Å². The van der Waals surface area contributed by atoms with Crippen molar-refractivity contribution < 1.29 is 96.0 Å². The summed E-state index contributed by atoms with van der Waals surface area (Å²) >= 11 is 2.65. The summed E-state index contributed by atoms with van der Waals surface area (Å²) in [6.07, 6.45) is 4.89. The first-order valence-corrected chi connectivity index (χ1v) is 34.3. The lowest BCUT2D eigenvalue weighted by Gasteiger charge is -2.32. The maximum Gasteiger partial charge on any atom is 0.430 e. The number of carboxylic acids is 1. The van der Waals surface area contributed by atoms with Crippen molar-refractivity contribution in [2.45, 2.75) is 135 Å². The highest BCUT2D eigenvalue weighted by Gasteiger charge is 2.45. The molecule has 0 saturated carbocycles. The summed E-state index contributed by atoms with van der Waals surface area (Å²) in [4.78, 5) is 43.5. The van der Waals surface area contributed by atoms with E-state index in [9.17, 15) is 41.8 Å². The number of esters is 2. The monoisotopic (exact) mass is 1530 g/mol. The van der Waals surface area contributed by atoms with Crippen LogP contribution in [0, 0.1) is 73.6 Å². The van der Waals surface area contributed by atoms with E-state index in [-0.39, 0.29) is 65.2 Å². The van der Waals surface area contributed by atoms with Crippen molar-refractivity contribution in [3.05, 3.63) is 234 Å². The molecule has 4 N–H and O–H groups in total. The standard InChI is InChI=1S/2C36H35F2N6O3S.C2HF3O2.BrH/c2*1-22-13-26(14-23(2)33(22)47-35(45)31-5-4-12-40-31)17-43-20-41-44(21-43)19-36(46,29-11-10-28(37)15-30(29)38)24(3)34-42-32(18-48-34)27-8-6-25(16-39)7-9-27;3-2(4,5)1(6)7;/h2*6-11,13-15,18,20-21,24,31,40,46H,4-5,12,17,19H2,1-3H3;(H,6,7);1H/q2*+1;;/p-2/t2*24-,31-,36+;;/m00../s1. The molecule has 2 saturated heterocycles. The van der Waals surface area contributed by atoms with E-state index in [4.69, 9.17) is 39.9 Å². The number of nitriles is 2. The number of ether oxygens (including phenoxy) is 2. The number of benzene rings is 6. The molecule has 10 aromatic rings. The average molecular weight is 1530 g/mol. The minimum Gasteiger partial charge on any atom is -1.00 e. The molecule has 0 spiro atoms. The number of aryl methyl sites for hydroxylation is 4. The number of aliphatic carboxylic acids is 1. The minimum absolute atomic E-state index is 0. The Morgan fingerprint density at radius 2 is 0.971 bits per heavy atom. The lowest BCUT2D eigenvalue weighted by molar-refractivity contribution is -0.689. The first-order valence-electron chi connectivity index (χ1n) is 32.5. The fourth-order valence-corrected chi connectivity index (χ4v) is 14.3. The summed E-state index contributed by atoms with van der Waals surface area (Å²) in [5.74, 6) is -7.11. The van der Waals surface area contributed by atoms with Crippen LogP contribution >= 0.6 is 22.7 Å². The van der Waals surface area contributed by atoms with Gasteiger partial charge in [0.25, 0.3) is 12.7 Å². The quantitative estimate of drug-likeness (QED) is 0.0254. The topological polar surface area (TPSA) is 274 Å². The Morgan fingerprint density at radius 3 is 1.28 bits per heavy atom. The first-order chi connectivity index (χ1) is 49.0. The predicted octanol–water partition coefficient (Wildman–Crippen LogP) is 7.22. The molecule has 20 nitrogen and oxygen atoms in total. The van der Waals surface area contributed by atoms with Crippen LogP contribution in [0.2, 0.25) is 0 Å². The van der Waals surface area contributed by atoms with Gasteiger partial charge in [-0.05, 0) is 161 Å². The van der Waals surface area contributed by atoms with Crippen LogP contribution in [0.1, 0.15) is 117 Å². The molecular weight excluding hydrogens is 1460 g/mol. The first kappa shape index (κ1) is 78.2. The lowest BCUT2D eigenvalue weighted by atomic mass is 9.82. The summed E-state index contributed by atoms with van der Waals surface area (Å²) in [6.45, 7) is 13.3. The zero-order valence-electron chi connectivity index (χ0n) is 56.9. The Kier molecular flexibility index (Phi) is 25.3. The summed E-state index contributed by atoms with van der Waals surface area (Å²) in [6, 6.07) is 31.8. The summed E-state index contributed by atoms with van der Waals surface area (Å²) in [7, 11) is 0. The van der Waals surface area contributed by atoms with E-state index < -0.39 is 58.5 Å². The van der Waals surface area contributed by atoms with Gasteiger partial charge in [0.15, 0.2) is 0 Å². The molecule has 0 unspecified atom stereocenters. The number of halogens is 8. The van der Waals surface area contributed by atoms with Crippen LogP contribution in [-0.2, 0) is 51.8 Å². The predicted molar refractivity (Wildman–Crippen MR) is 361 cm³/mol. The maximum atomic E-state index is 15.3. The number of thiazole rings is 2. The van der Waals surface area contributed by atoms with Crippen molar-refractivity contribution >= 4 is 40.6 Å². The Bertz CT molecular complexity index is 4480. The molecule has 0 amide bonds. The molecule has 6 heterocycles. The van der Waals surface area contributed by atoms with E-state index in [1.54, 1.807) is 87.7 Å². The third-order valence-corrected chi connectivity index (χ3v) is 19.8. The van der Waals surface area contributed by atoms with E-state index in [0.717, 1.165) is 108 Å². The van der Waals surface area contributed by atoms with Crippen LogP contribution < -0.4 is 51.3 Å². The third kappa shape index (κ3) is 18.7. The Morgan fingerprint density at radius 1 is 0.615 bits per heavy atom. The molecule has 542 valence electrons. The van der Waals surface area contributed by atoms with E-state index in [2.05, 4.69) is 33.0 Å². The van der Waals surface area contributed by atoms with Crippen LogP contribution in [0.5, 0.6) is 11.5 Å². The molecule has 2 aliphatic rings. The second-order valence-electron chi connectivity index (χ2n) is 25.3. The zero-order chi connectivity index (χ0) is 74.1. The highest BCUT2D eigenvalue weighted by Crippen LogP contribution is 2.44. The van der Waals surface area contributed by atoms with E-state index >= 15 is 8.78 Å². The Balaban J connectivity index is 0.000000219. The van der Waals surface area contributed by atoms with Gasteiger partial charge < -0.3 is 57.2 Å². The molecule has 30 heteroatoms. The number of carbonyl (C=O) groups is 3. The molecule has 0 radical (unpaired) electrons. The van der Waals surface area contributed by atoms with Gasteiger partial charge in [-0.2, -0.15) is 23.7 Å². The largest absolute Gasteiger partial charge is 1.00 e. The maximum absolute atomic E-state index is 15.3. The number of nitrogens with one attached hydrogen (secondary N) is 2. The average Bonchev–Trinajstić information content (AvgIpc) is 1.47. The van der Waals surface area contributed by atoms with E-state index in [1.165, 1.54) is 44.2 Å². The van der Waals surface area contributed by atoms with Crippen molar-refractivity contribution in [3.8, 4) is 46.2 Å². The minimum atomic E-state index is -5.19. The van der Waals surface area contributed by atoms with Crippen LogP contribution in [-0.4, -0.2) is 89.0 Å². The number of nitrogens with zero attached hydrogens (tertiary/aromatic N) is 10. The summed E-state index contributed by atoms with van der Waals surface area (Å²) in [5, 5.41) is 71.7. The Hall–Kier alpha value is -9.92. The molecule has 4 aromatic heterocycles. The normalized spacial score (nSPS) is 15.8. The molecule has 104 heavy (non-hydrogen) atoms. The molecule has 2 fully saturated rings. The molecular formula is C74H70BrF7N12O8S2. The van der Waals surface area contributed by atoms with Gasteiger partial charge in [-0.15, -0.1) is 32.0 Å². The number of alkyl halides is 3. The van der Waals surface area contributed by atoms with Gasteiger partial charge >= 0.3 is 18.1 Å². The molecule has 6 aromatic carbocycles. The smallest absolute Gasteiger partial charge is 0.430 e. The number of hydrogen-bond donors (Lipinski definition) is 4. The second kappa shape index (κ2) is 33.7. The lowest BCUT2D eigenvalue weighted by Crippen LogP contribution is -3.00. The van der Waals surface area contributed by atoms with Gasteiger partial charge in [0.2, 0.25) is 12.7 Å². The number of aliphatic hydroxyl groups is 2. The molecule has 0 aliphatic carbocycles. The van der Waals surface area contributed by atoms with Gasteiger partial charge in [0.1, 0.15) is 77.1 Å². The second-order valence-corrected chi connectivity index (χ2v) is 27.1. The highest BCUT2D eigenvalue weighted by molar-refractivity contribution is 7.10. The van der Waals surface area contributed by atoms with Gasteiger partial charge in [-0.1, -0.05) is 50.2 Å². The summed E-state index contributed by atoms with van der Waals surface area (Å²) in [5.41, 5.74) is 5.39. The van der Waals surface area contributed by atoms with Crippen molar-refractivity contribution in [2.75, 3.05) is 13.1 Å². The molecule has 12 rings (SSSR count). The van der Waals surface area contributed by atoms with Crippen molar-refractivity contribution in [3.63, 3.8) is 0 Å². The summed E-state index contributed by atoms with van der Waals surface area (Å²) < 4.78 is 108. The fourth-order valence-electron chi connectivity index (χ4n) is 12.3. The third-order valence-electron chi connectivity index (χ3n) is 17.8. The van der Waals surface area contributed by atoms with Crippen LogP contribution in [0.3, 0.4) is 0 Å². The Labute approximate surface area is 612 Å². The van der Waals surface area contributed by atoms with Crippen molar-refractivity contribution in [1.82, 2.24) is 40.2 Å². The van der Waals surface area contributed by atoms with E-state index in [1.807, 2.05) is 71.9 Å². The number of rotatable bonds is 20. The highest BCUT2D eigenvalue weighted by atomic mass is 79.9. The van der Waals surface area contributed by atoms with Crippen LogP contribution in [0.4, 0.5) is 30.7 Å². The number of carboxylic acid groups (broad SMARTS) is 1. The number of carbonyl (C=O) groups excluding carboxylic acids is 3. The fraction of sp³-hybridized carbons (Fsp3) is 0.311. The van der Waals surface area contributed by atoms with Crippen molar-refractivity contribution in [1.29, 1.82) is 10.5 Å². The van der Waals surface area contributed by atoms with Crippen molar-refractivity contribution in [2.24, 2.45) is 0 Å². The van der Waals surface area contributed by atoms with Gasteiger partial charge in [0, 0.05) is 67.2 Å². The number of hydrogen-bond acceptors (Lipinski definition) is 18. The number of aromatic nitrogens is 8. The zero-order valence-corrected chi connectivity index (χ0v) is 60.1. The molecule has 2 aliphatic heterocycles.